The largest absolute Gasteiger partial charge is 0.482 e. The summed E-state index contributed by atoms with van der Waals surface area (Å²) < 4.78 is 7.09. The van der Waals surface area contributed by atoms with Crippen molar-refractivity contribution in [3.8, 4) is 5.75 Å². The minimum atomic E-state index is -1.01. The fourth-order valence-corrected chi connectivity index (χ4v) is 1.98. The number of aromatic amines is 1. The minimum Gasteiger partial charge on any atom is -0.482 e. The van der Waals surface area contributed by atoms with Crippen LogP contribution in [-0.4, -0.2) is 38.8 Å². The molecule has 1 aromatic heterocycles. The number of nitrogens with one attached hydrogen (secondary N) is 1. The molecule has 122 valence electrons. The summed E-state index contributed by atoms with van der Waals surface area (Å²) in [7, 11) is 0. The summed E-state index contributed by atoms with van der Waals surface area (Å²) in [6, 6.07) is 6.93. The van der Waals surface area contributed by atoms with E-state index < -0.39 is 5.97 Å². The van der Waals surface area contributed by atoms with Crippen molar-refractivity contribution in [3.63, 3.8) is 0 Å². The van der Waals surface area contributed by atoms with Crippen molar-refractivity contribution in [2.45, 2.75) is 26.2 Å². The molecule has 0 saturated heterocycles. The van der Waals surface area contributed by atoms with E-state index in [1.54, 1.807) is 35.2 Å². The Morgan fingerprint density at radius 1 is 1.43 bits per heavy atom. The maximum Gasteiger partial charge on any atom is 0.341 e. The smallest absolute Gasteiger partial charge is 0.341 e. The molecule has 2 aromatic rings. The first-order chi connectivity index (χ1) is 10.8. The lowest BCUT2D eigenvalue weighted by Gasteiger charge is -2.15. The third-order valence-electron chi connectivity index (χ3n) is 2.89. The Morgan fingerprint density at radius 3 is 2.65 bits per heavy atom. The maximum absolute atomic E-state index is 10.5. The van der Waals surface area contributed by atoms with Gasteiger partial charge in [-0.3, -0.25) is 5.10 Å². The Morgan fingerprint density at radius 2 is 2.09 bits per heavy atom. The first-order valence-corrected chi connectivity index (χ1v) is 7.35. The Kier molecular flexibility index (Phi) is 4.95. The van der Waals surface area contributed by atoms with Crippen molar-refractivity contribution in [3.05, 3.63) is 40.4 Å². The number of hydrogen-bond acceptors (Lipinski definition) is 5. The fourth-order valence-electron chi connectivity index (χ4n) is 1.80. The highest BCUT2D eigenvalue weighted by atomic mass is 32.1. The number of carboxylic acid groups (broad SMARTS) is 1. The van der Waals surface area contributed by atoms with Crippen LogP contribution in [0.2, 0.25) is 0 Å². The zero-order valence-corrected chi connectivity index (χ0v) is 13.9. The average molecular weight is 334 g/mol. The molecule has 0 fully saturated rings. The molecule has 0 aliphatic heterocycles. The lowest BCUT2D eigenvalue weighted by atomic mass is 9.96. The second-order valence-electron chi connectivity index (χ2n) is 5.91. The van der Waals surface area contributed by atoms with E-state index in [9.17, 15) is 4.79 Å². The van der Waals surface area contributed by atoms with Crippen LogP contribution in [0.25, 0.3) is 0 Å². The third kappa shape index (κ3) is 4.49. The van der Waals surface area contributed by atoms with Crippen molar-refractivity contribution in [2.24, 2.45) is 5.10 Å². The Hall–Kier alpha value is -2.48. The summed E-state index contributed by atoms with van der Waals surface area (Å²) in [6.07, 6.45) is 1.65. The van der Waals surface area contributed by atoms with E-state index in [2.05, 4.69) is 15.3 Å². The molecule has 2 rings (SSSR count). The van der Waals surface area contributed by atoms with E-state index >= 15 is 0 Å². The molecule has 0 aliphatic carbocycles. The highest BCUT2D eigenvalue weighted by Gasteiger charge is 2.21. The van der Waals surface area contributed by atoms with Gasteiger partial charge in [0.2, 0.25) is 4.77 Å². The molecule has 0 spiro atoms. The Balaban J connectivity index is 2.17. The molecule has 0 radical (unpaired) electrons. The van der Waals surface area contributed by atoms with Crippen LogP contribution in [0, 0.1) is 4.77 Å². The van der Waals surface area contributed by atoms with Gasteiger partial charge in [0, 0.05) is 5.41 Å². The number of carboxylic acids is 1. The van der Waals surface area contributed by atoms with Crippen molar-refractivity contribution in [2.75, 3.05) is 6.61 Å². The number of benzene rings is 1. The zero-order chi connectivity index (χ0) is 17.0. The lowest BCUT2D eigenvalue weighted by molar-refractivity contribution is -0.139. The number of nitrogens with zero attached hydrogens (tertiary/aromatic N) is 3. The van der Waals surface area contributed by atoms with Gasteiger partial charge in [0.1, 0.15) is 5.75 Å². The molecule has 2 N–H and O–H groups in total. The molecule has 7 nitrogen and oxygen atoms in total. The number of rotatable bonds is 5. The zero-order valence-electron chi connectivity index (χ0n) is 13.1. The van der Waals surface area contributed by atoms with Crippen LogP contribution in [0.3, 0.4) is 0 Å². The van der Waals surface area contributed by atoms with Crippen LogP contribution in [0.4, 0.5) is 0 Å². The van der Waals surface area contributed by atoms with Gasteiger partial charge in [-0.05, 0) is 42.0 Å². The predicted molar refractivity (Wildman–Crippen MR) is 88.7 cm³/mol. The summed E-state index contributed by atoms with van der Waals surface area (Å²) in [5.41, 5.74) is 0.634. The van der Waals surface area contributed by atoms with Crippen LogP contribution < -0.4 is 4.74 Å². The van der Waals surface area contributed by atoms with Crippen LogP contribution in [0.15, 0.2) is 29.4 Å². The highest BCUT2D eigenvalue weighted by molar-refractivity contribution is 7.71. The number of ether oxygens (including phenoxy) is 1. The molecule has 0 atom stereocenters. The third-order valence-corrected chi connectivity index (χ3v) is 3.15. The number of H-pyrrole nitrogens is 1. The van der Waals surface area contributed by atoms with Crippen LogP contribution in [0.5, 0.6) is 5.75 Å². The van der Waals surface area contributed by atoms with E-state index in [-0.39, 0.29) is 12.0 Å². The van der Waals surface area contributed by atoms with Gasteiger partial charge in [-0.1, -0.05) is 20.8 Å². The molecule has 1 heterocycles. The van der Waals surface area contributed by atoms with Gasteiger partial charge in [-0.15, -0.1) is 0 Å². The molecular formula is C15H18N4O3S. The Labute approximate surface area is 138 Å². The van der Waals surface area contributed by atoms with Gasteiger partial charge in [0.25, 0.3) is 0 Å². The van der Waals surface area contributed by atoms with E-state index in [0.29, 0.717) is 10.5 Å². The fraction of sp³-hybridized carbons (Fsp3) is 0.333. The normalized spacial score (nSPS) is 11.8. The molecule has 0 amide bonds. The van der Waals surface area contributed by atoms with Crippen LogP contribution in [-0.2, 0) is 10.2 Å². The van der Waals surface area contributed by atoms with Crippen molar-refractivity contribution in [1.82, 2.24) is 14.9 Å². The quantitative estimate of drug-likeness (QED) is 0.647. The first-order valence-electron chi connectivity index (χ1n) is 6.94. The number of aliphatic carboxylic acids is 1. The van der Waals surface area contributed by atoms with Gasteiger partial charge in [-0.2, -0.15) is 14.9 Å². The summed E-state index contributed by atoms with van der Waals surface area (Å²) in [5.74, 6) is 0.208. The Bertz CT molecular complexity index is 769. The first kappa shape index (κ1) is 16.9. The summed E-state index contributed by atoms with van der Waals surface area (Å²) in [6.45, 7) is 5.71. The molecule has 8 heteroatoms. The second-order valence-corrected chi connectivity index (χ2v) is 6.30. The number of aromatic nitrogens is 3. The summed E-state index contributed by atoms with van der Waals surface area (Å²) in [5, 5.41) is 19.9. The van der Waals surface area contributed by atoms with Crippen LogP contribution >= 0.6 is 12.2 Å². The van der Waals surface area contributed by atoms with Crippen molar-refractivity contribution >= 4 is 24.4 Å². The van der Waals surface area contributed by atoms with E-state index in [0.717, 1.165) is 11.4 Å². The topological polar surface area (TPSA) is 92.5 Å². The molecule has 1 aromatic carbocycles. The number of hydrogen-bond donors (Lipinski definition) is 2. The molecule has 0 aliphatic rings. The molecular weight excluding hydrogens is 316 g/mol. The second kappa shape index (κ2) is 6.74. The van der Waals surface area contributed by atoms with E-state index in [1.165, 1.54) is 0 Å². The standard InChI is InChI=1S/C15H18N4O3S/c1-15(2,3)13-17-18-14(23)19(13)16-8-10-4-6-11(7-5-10)22-9-12(20)21/h4-8H,9H2,1-3H3,(H,18,23)(H,20,21)/b16-8-. The number of carbonyl (C=O) groups is 1. The van der Waals surface area contributed by atoms with E-state index in [4.69, 9.17) is 22.1 Å². The average Bonchev–Trinajstić information content (AvgIpc) is 2.85. The molecule has 23 heavy (non-hydrogen) atoms. The summed E-state index contributed by atoms with van der Waals surface area (Å²) >= 11 is 5.19. The predicted octanol–water partition coefficient (Wildman–Crippen LogP) is 2.58. The van der Waals surface area contributed by atoms with Gasteiger partial charge >= 0.3 is 5.97 Å². The SMILES string of the molecule is CC(C)(C)c1n[nH]c(=S)n1/N=C\c1ccc(OCC(=O)O)cc1. The van der Waals surface area contributed by atoms with Crippen molar-refractivity contribution < 1.29 is 14.6 Å². The van der Waals surface area contributed by atoms with Crippen LogP contribution in [0.1, 0.15) is 32.2 Å². The molecule has 0 saturated carbocycles. The monoisotopic (exact) mass is 334 g/mol. The maximum atomic E-state index is 10.5. The van der Waals surface area contributed by atoms with Gasteiger partial charge < -0.3 is 9.84 Å². The van der Waals surface area contributed by atoms with Gasteiger partial charge in [0.15, 0.2) is 12.4 Å². The molecule has 0 unspecified atom stereocenters. The van der Waals surface area contributed by atoms with Crippen molar-refractivity contribution in [1.29, 1.82) is 0 Å². The summed E-state index contributed by atoms with van der Waals surface area (Å²) in [4.78, 5) is 10.5. The molecule has 0 bridgehead atoms. The lowest BCUT2D eigenvalue weighted by Crippen LogP contribution is -2.17. The van der Waals surface area contributed by atoms with Gasteiger partial charge in [-0.25, -0.2) is 4.79 Å². The van der Waals surface area contributed by atoms with E-state index in [1.807, 2.05) is 20.8 Å². The van der Waals surface area contributed by atoms with Gasteiger partial charge in [0.05, 0.1) is 6.21 Å². The highest BCUT2D eigenvalue weighted by Crippen LogP contribution is 2.20. The minimum absolute atomic E-state index is 0.195.